The third-order valence-electron chi connectivity index (χ3n) is 5.74. The summed E-state index contributed by atoms with van der Waals surface area (Å²) in [7, 11) is 0. The summed E-state index contributed by atoms with van der Waals surface area (Å²) in [6, 6.07) is 5.65. The molecule has 2 N–H and O–H groups in total. The first-order chi connectivity index (χ1) is 11.3. The van der Waals surface area contributed by atoms with Crippen molar-refractivity contribution in [1.82, 2.24) is 4.90 Å². The van der Waals surface area contributed by atoms with E-state index in [4.69, 9.17) is 0 Å². The lowest BCUT2D eigenvalue weighted by Gasteiger charge is -2.26. The van der Waals surface area contributed by atoms with Crippen LogP contribution in [-0.4, -0.2) is 41.0 Å². The maximum Gasteiger partial charge on any atom is 0.311 e. The highest BCUT2D eigenvalue weighted by molar-refractivity contribution is 5.94. The zero-order valence-electron chi connectivity index (χ0n) is 14.6. The lowest BCUT2D eigenvalue weighted by Crippen LogP contribution is -2.43. The minimum absolute atomic E-state index is 0.0690. The molecular formula is C19H26N2O3. The SMILES string of the molecule is Cc1cc(C)cc(NC(=O)C(C)N2C[C@@H]3CCC[C@@]3(C(=O)O)C2)c1. The second-order valence-corrected chi connectivity index (χ2v) is 7.52. The van der Waals surface area contributed by atoms with E-state index in [2.05, 4.69) is 11.4 Å². The molecule has 1 aromatic rings. The Morgan fingerprint density at radius 3 is 2.54 bits per heavy atom. The van der Waals surface area contributed by atoms with Gasteiger partial charge in [-0.15, -0.1) is 0 Å². The van der Waals surface area contributed by atoms with Gasteiger partial charge in [0.2, 0.25) is 5.91 Å². The van der Waals surface area contributed by atoms with Crippen molar-refractivity contribution in [2.45, 2.75) is 46.1 Å². The summed E-state index contributed by atoms with van der Waals surface area (Å²) in [6.45, 7) is 7.06. The highest BCUT2D eigenvalue weighted by Crippen LogP contribution is 2.49. The van der Waals surface area contributed by atoms with Gasteiger partial charge in [-0.2, -0.15) is 0 Å². The summed E-state index contributed by atoms with van der Waals surface area (Å²) in [5, 5.41) is 12.7. The molecule has 1 amide bonds. The Bertz CT molecular complexity index is 652. The number of carboxylic acid groups (broad SMARTS) is 1. The first kappa shape index (κ1) is 17.0. The van der Waals surface area contributed by atoms with Gasteiger partial charge in [0.1, 0.15) is 0 Å². The van der Waals surface area contributed by atoms with Crippen molar-refractivity contribution in [1.29, 1.82) is 0 Å². The molecule has 0 radical (unpaired) electrons. The van der Waals surface area contributed by atoms with E-state index in [9.17, 15) is 14.7 Å². The fourth-order valence-electron chi connectivity index (χ4n) is 4.43. The predicted molar refractivity (Wildman–Crippen MR) is 93.0 cm³/mol. The highest BCUT2D eigenvalue weighted by Gasteiger charge is 2.55. The van der Waals surface area contributed by atoms with Crippen LogP contribution >= 0.6 is 0 Å². The zero-order valence-corrected chi connectivity index (χ0v) is 14.6. The Hall–Kier alpha value is -1.88. The number of rotatable bonds is 4. The fourth-order valence-corrected chi connectivity index (χ4v) is 4.43. The quantitative estimate of drug-likeness (QED) is 0.891. The van der Waals surface area contributed by atoms with Crippen LogP contribution in [0.25, 0.3) is 0 Å². The highest BCUT2D eigenvalue weighted by atomic mass is 16.4. The number of carboxylic acids is 1. The largest absolute Gasteiger partial charge is 0.481 e. The number of amides is 1. The van der Waals surface area contributed by atoms with Gasteiger partial charge in [-0.05, 0) is 62.8 Å². The van der Waals surface area contributed by atoms with Crippen LogP contribution in [0.2, 0.25) is 0 Å². The molecule has 1 aliphatic carbocycles. The molecule has 3 rings (SSSR count). The van der Waals surface area contributed by atoms with Crippen LogP contribution < -0.4 is 5.32 Å². The molecule has 1 heterocycles. The molecule has 1 aliphatic heterocycles. The Kier molecular flexibility index (Phi) is 4.38. The first-order valence-electron chi connectivity index (χ1n) is 8.68. The van der Waals surface area contributed by atoms with Crippen molar-refractivity contribution in [3.63, 3.8) is 0 Å². The molecule has 5 nitrogen and oxygen atoms in total. The van der Waals surface area contributed by atoms with Crippen LogP contribution in [0.4, 0.5) is 5.69 Å². The van der Waals surface area contributed by atoms with Crippen LogP contribution in [-0.2, 0) is 9.59 Å². The number of fused-ring (bicyclic) bond motifs is 1. The zero-order chi connectivity index (χ0) is 17.5. The predicted octanol–water partition coefficient (Wildman–Crippen LogP) is 2.82. The molecule has 2 fully saturated rings. The Balaban J connectivity index is 1.69. The molecule has 0 bridgehead atoms. The molecule has 24 heavy (non-hydrogen) atoms. The van der Waals surface area contributed by atoms with E-state index in [1.807, 2.05) is 37.8 Å². The number of nitrogens with one attached hydrogen (secondary N) is 1. The van der Waals surface area contributed by atoms with Crippen LogP contribution in [0.5, 0.6) is 0 Å². The summed E-state index contributed by atoms with van der Waals surface area (Å²) in [6.07, 6.45) is 2.66. The monoisotopic (exact) mass is 330 g/mol. The van der Waals surface area contributed by atoms with Gasteiger partial charge in [-0.3, -0.25) is 14.5 Å². The van der Waals surface area contributed by atoms with E-state index in [1.54, 1.807) is 0 Å². The number of hydrogen-bond donors (Lipinski definition) is 2. The Morgan fingerprint density at radius 1 is 1.29 bits per heavy atom. The number of aliphatic carboxylic acids is 1. The van der Waals surface area contributed by atoms with Gasteiger partial charge < -0.3 is 10.4 Å². The number of likely N-dealkylation sites (tertiary alicyclic amines) is 1. The van der Waals surface area contributed by atoms with Crippen LogP contribution in [0, 0.1) is 25.2 Å². The van der Waals surface area contributed by atoms with E-state index in [0.29, 0.717) is 13.1 Å². The summed E-state index contributed by atoms with van der Waals surface area (Å²) in [5.74, 6) is -0.596. The van der Waals surface area contributed by atoms with Crippen molar-refractivity contribution in [3.05, 3.63) is 29.3 Å². The van der Waals surface area contributed by atoms with Crippen molar-refractivity contribution in [2.75, 3.05) is 18.4 Å². The maximum absolute atomic E-state index is 12.6. The Morgan fingerprint density at radius 2 is 1.96 bits per heavy atom. The molecule has 1 unspecified atom stereocenters. The van der Waals surface area contributed by atoms with Gasteiger partial charge in [0.15, 0.2) is 0 Å². The molecule has 0 spiro atoms. The maximum atomic E-state index is 12.6. The number of carbonyl (C=O) groups is 2. The van der Waals surface area contributed by atoms with Gasteiger partial charge in [0.05, 0.1) is 11.5 Å². The van der Waals surface area contributed by atoms with Gasteiger partial charge >= 0.3 is 5.97 Å². The topological polar surface area (TPSA) is 69.6 Å². The minimum Gasteiger partial charge on any atom is -0.481 e. The second-order valence-electron chi connectivity index (χ2n) is 7.52. The number of carbonyl (C=O) groups excluding carboxylic acids is 1. The summed E-state index contributed by atoms with van der Waals surface area (Å²) < 4.78 is 0. The molecule has 130 valence electrons. The number of aryl methyl sites for hydroxylation is 2. The molecule has 1 saturated heterocycles. The normalized spacial score (nSPS) is 27.7. The molecule has 0 aromatic heterocycles. The standard InChI is InChI=1S/C19H26N2O3/c1-12-7-13(2)9-16(8-12)20-17(22)14(3)21-10-15-5-4-6-19(15,11-21)18(23)24/h7-9,14-15H,4-6,10-11H2,1-3H3,(H,20,22)(H,23,24)/t14?,15-,19+/m0/s1. The van der Waals surface area contributed by atoms with E-state index in [1.165, 1.54) is 0 Å². The number of nitrogens with zero attached hydrogens (tertiary/aromatic N) is 1. The van der Waals surface area contributed by atoms with E-state index < -0.39 is 11.4 Å². The van der Waals surface area contributed by atoms with Gasteiger partial charge in [0, 0.05) is 18.8 Å². The summed E-state index contributed by atoms with van der Waals surface area (Å²) in [5.41, 5.74) is 2.38. The van der Waals surface area contributed by atoms with Crippen LogP contribution in [0.1, 0.15) is 37.3 Å². The van der Waals surface area contributed by atoms with E-state index in [0.717, 1.165) is 36.1 Å². The third-order valence-corrected chi connectivity index (χ3v) is 5.74. The lowest BCUT2D eigenvalue weighted by atomic mass is 9.81. The first-order valence-corrected chi connectivity index (χ1v) is 8.68. The molecule has 2 aliphatic rings. The number of hydrogen-bond acceptors (Lipinski definition) is 3. The van der Waals surface area contributed by atoms with Crippen LogP contribution in [0.15, 0.2) is 18.2 Å². The van der Waals surface area contributed by atoms with Gasteiger partial charge in [-0.25, -0.2) is 0 Å². The molecule has 5 heteroatoms. The van der Waals surface area contributed by atoms with Crippen LogP contribution in [0.3, 0.4) is 0 Å². The molecular weight excluding hydrogens is 304 g/mol. The minimum atomic E-state index is -0.700. The van der Waals surface area contributed by atoms with Gasteiger partial charge in [0.25, 0.3) is 0 Å². The molecule has 1 aromatic carbocycles. The van der Waals surface area contributed by atoms with E-state index in [-0.39, 0.29) is 17.9 Å². The number of anilines is 1. The van der Waals surface area contributed by atoms with Crippen molar-refractivity contribution in [3.8, 4) is 0 Å². The van der Waals surface area contributed by atoms with Crippen molar-refractivity contribution < 1.29 is 14.7 Å². The second kappa shape index (κ2) is 6.20. The van der Waals surface area contributed by atoms with Crippen molar-refractivity contribution >= 4 is 17.6 Å². The van der Waals surface area contributed by atoms with E-state index >= 15 is 0 Å². The van der Waals surface area contributed by atoms with Crippen molar-refractivity contribution in [2.24, 2.45) is 11.3 Å². The average Bonchev–Trinajstić information content (AvgIpc) is 3.02. The molecule has 1 saturated carbocycles. The average molecular weight is 330 g/mol. The fraction of sp³-hybridized carbons (Fsp3) is 0.579. The van der Waals surface area contributed by atoms with Gasteiger partial charge in [-0.1, -0.05) is 12.5 Å². The summed E-state index contributed by atoms with van der Waals surface area (Å²) >= 11 is 0. The molecule has 3 atom stereocenters. The number of benzene rings is 1. The third kappa shape index (κ3) is 2.93. The summed E-state index contributed by atoms with van der Waals surface area (Å²) in [4.78, 5) is 26.4. The lowest BCUT2D eigenvalue weighted by molar-refractivity contribution is -0.149. The Labute approximate surface area is 143 Å². The smallest absolute Gasteiger partial charge is 0.311 e.